The van der Waals surface area contributed by atoms with Gasteiger partial charge in [0.15, 0.2) is 0 Å². The minimum atomic E-state index is -0.363. The van der Waals surface area contributed by atoms with Crippen LogP contribution in [0.1, 0.15) is 35.4 Å². The number of benzene rings is 2. The van der Waals surface area contributed by atoms with Crippen molar-refractivity contribution in [2.75, 3.05) is 26.2 Å². The molecule has 1 aliphatic rings. The number of carbonyl (C=O) groups is 2. The van der Waals surface area contributed by atoms with E-state index in [1.807, 2.05) is 53.6 Å². The fourth-order valence-corrected chi connectivity index (χ4v) is 5.23. The maximum Gasteiger partial charge on any atom is 0.242 e. The van der Waals surface area contributed by atoms with Gasteiger partial charge in [-0.15, -0.1) is 11.3 Å². The summed E-state index contributed by atoms with van der Waals surface area (Å²) in [5.74, 6) is -0.0837. The summed E-state index contributed by atoms with van der Waals surface area (Å²) in [5.41, 5.74) is 2.00. The van der Waals surface area contributed by atoms with Crippen LogP contribution in [0.15, 0.2) is 66.0 Å². The molecule has 2 amide bonds. The summed E-state index contributed by atoms with van der Waals surface area (Å²) in [7, 11) is 0. The molecule has 0 unspecified atom stereocenters. The van der Waals surface area contributed by atoms with Crippen LogP contribution >= 0.6 is 11.3 Å². The number of nitrogens with zero attached hydrogens (tertiary/aromatic N) is 2. The Morgan fingerprint density at radius 3 is 2.74 bits per heavy atom. The quantitative estimate of drug-likeness (QED) is 0.439. The molecule has 1 aromatic heterocycles. The van der Waals surface area contributed by atoms with Crippen molar-refractivity contribution in [3.05, 3.63) is 87.9 Å². The second-order valence-electron chi connectivity index (χ2n) is 8.40. The number of halogens is 1. The average Bonchev–Trinajstić information content (AvgIpc) is 3.32. The summed E-state index contributed by atoms with van der Waals surface area (Å²) in [5, 5.41) is 2.03. The first-order valence-electron chi connectivity index (χ1n) is 11.6. The molecule has 34 heavy (non-hydrogen) atoms. The van der Waals surface area contributed by atoms with Crippen LogP contribution in [-0.2, 0) is 22.4 Å². The molecule has 0 aliphatic carbocycles. The van der Waals surface area contributed by atoms with Gasteiger partial charge in [-0.2, -0.15) is 0 Å². The van der Waals surface area contributed by atoms with Crippen LogP contribution in [0.3, 0.4) is 0 Å². The number of ether oxygens (including phenoxy) is 1. The third-order valence-electron chi connectivity index (χ3n) is 5.99. The van der Waals surface area contributed by atoms with Crippen LogP contribution in [0.4, 0.5) is 4.39 Å². The topological polar surface area (TPSA) is 49.9 Å². The summed E-state index contributed by atoms with van der Waals surface area (Å²) < 4.78 is 19.5. The van der Waals surface area contributed by atoms with Gasteiger partial charge in [-0.1, -0.05) is 43.3 Å². The Bertz CT molecular complexity index is 1120. The van der Waals surface area contributed by atoms with Crippen molar-refractivity contribution in [1.29, 1.82) is 0 Å². The highest BCUT2D eigenvalue weighted by molar-refractivity contribution is 7.10. The SMILES string of the molecule is CCCN(CC(=O)N1CCc2sccc2[C@@H]1COc1cccc(F)c1)C(=O)Cc1ccccc1. The van der Waals surface area contributed by atoms with E-state index in [-0.39, 0.29) is 43.2 Å². The highest BCUT2D eigenvalue weighted by Crippen LogP contribution is 2.34. The van der Waals surface area contributed by atoms with Gasteiger partial charge >= 0.3 is 0 Å². The number of fused-ring (bicyclic) bond motifs is 1. The normalized spacial score (nSPS) is 15.0. The Kier molecular flexibility index (Phi) is 7.95. The van der Waals surface area contributed by atoms with Crippen molar-refractivity contribution in [3.63, 3.8) is 0 Å². The largest absolute Gasteiger partial charge is 0.491 e. The van der Waals surface area contributed by atoms with Crippen LogP contribution in [-0.4, -0.2) is 47.9 Å². The molecule has 1 aliphatic heterocycles. The van der Waals surface area contributed by atoms with E-state index in [4.69, 9.17) is 4.74 Å². The van der Waals surface area contributed by atoms with E-state index in [1.165, 1.54) is 17.0 Å². The van der Waals surface area contributed by atoms with Gasteiger partial charge in [0.2, 0.25) is 11.8 Å². The van der Waals surface area contributed by atoms with Crippen LogP contribution in [0.25, 0.3) is 0 Å². The van der Waals surface area contributed by atoms with Crippen LogP contribution < -0.4 is 4.74 Å². The van der Waals surface area contributed by atoms with E-state index in [1.54, 1.807) is 28.4 Å². The monoisotopic (exact) mass is 480 g/mol. The molecule has 0 spiro atoms. The van der Waals surface area contributed by atoms with Crippen molar-refractivity contribution >= 4 is 23.2 Å². The zero-order valence-electron chi connectivity index (χ0n) is 19.3. The second-order valence-corrected chi connectivity index (χ2v) is 9.40. The van der Waals surface area contributed by atoms with E-state index >= 15 is 0 Å². The average molecular weight is 481 g/mol. The van der Waals surface area contributed by atoms with Crippen LogP contribution in [0, 0.1) is 5.82 Å². The lowest BCUT2D eigenvalue weighted by molar-refractivity contribution is -0.142. The lowest BCUT2D eigenvalue weighted by atomic mass is 10.0. The predicted molar refractivity (Wildman–Crippen MR) is 131 cm³/mol. The summed E-state index contributed by atoms with van der Waals surface area (Å²) in [6.07, 6.45) is 1.82. The van der Waals surface area contributed by atoms with Crippen LogP contribution in [0.5, 0.6) is 5.75 Å². The summed E-state index contributed by atoms with van der Waals surface area (Å²) >= 11 is 1.68. The van der Waals surface area contributed by atoms with Gasteiger partial charge in [0, 0.05) is 24.0 Å². The van der Waals surface area contributed by atoms with E-state index in [0.29, 0.717) is 18.8 Å². The standard InChI is InChI=1S/C27H29FN2O3S/c1-2-13-29(26(31)16-20-7-4-3-5-8-20)18-27(32)30-14-11-25-23(12-15-34-25)24(30)19-33-22-10-6-9-21(28)17-22/h3-10,12,15,17,24H,2,11,13-14,16,18-19H2,1H3/t24-/m0/s1. The van der Waals surface area contributed by atoms with Gasteiger partial charge in [-0.3, -0.25) is 9.59 Å². The molecule has 7 heteroatoms. The fourth-order valence-electron chi connectivity index (χ4n) is 4.30. The van der Waals surface area contributed by atoms with Crippen molar-refractivity contribution in [2.45, 2.75) is 32.2 Å². The van der Waals surface area contributed by atoms with Crippen molar-refractivity contribution in [2.24, 2.45) is 0 Å². The maximum absolute atomic E-state index is 13.6. The number of hydrogen-bond acceptors (Lipinski definition) is 4. The first-order chi connectivity index (χ1) is 16.5. The molecule has 3 aromatic rings. The minimum absolute atomic E-state index is 0.0371. The van der Waals surface area contributed by atoms with Crippen molar-refractivity contribution in [3.8, 4) is 5.75 Å². The molecular formula is C27H29FN2O3S. The Morgan fingerprint density at radius 1 is 1.15 bits per heavy atom. The summed E-state index contributed by atoms with van der Waals surface area (Å²) in [6, 6.07) is 17.4. The first kappa shape index (κ1) is 24.0. The third kappa shape index (κ3) is 5.83. The van der Waals surface area contributed by atoms with Crippen molar-refractivity contribution in [1.82, 2.24) is 9.80 Å². The van der Waals surface area contributed by atoms with Gasteiger partial charge in [-0.05, 0) is 47.5 Å². The molecule has 1 atom stereocenters. The molecule has 0 bridgehead atoms. The number of amides is 2. The Morgan fingerprint density at radius 2 is 1.97 bits per heavy atom. The molecule has 0 saturated heterocycles. The number of rotatable bonds is 9. The molecule has 178 valence electrons. The lowest BCUT2D eigenvalue weighted by Gasteiger charge is -2.37. The Labute approximate surface area is 203 Å². The van der Waals surface area contributed by atoms with Gasteiger partial charge < -0.3 is 14.5 Å². The number of hydrogen-bond donors (Lipinski definition) is 0. The summed E-state index contributed by atoms with van der Waals surface area (Å²) in [6.45, 7) is 3.36. The smallest absolute Gasteiger partial charge is 0.242 e. The van der Waals surface area contributed by atoms with Gasteiger partial charge in [0.25, 0.3) is 0 Å². The molecule has 4 rings (SSSR count). The zero-order valence-corrected chi connectivity index (χ0v) is 20.1. The molecule has 2 heterocycles. The fraction of sp³-hybridized carbons (Fsp3) is 0.333. The summed E-state index contributed by atoms with van der Waals surface area (Å²) in [4.78, 5) is 31.2. The first-order valence-corrected chi connectivity index (χ1v) is 12.5. The Balaban J connectivity index is 1.48. The molecule has 5 nitrogen and oxygen atoms in total. The van der Waals surface area contributed by atoms with E-state index in [2.05, 4.69) is 0 Å². The molecule has 0 radical (unpaired) electrons. The molecular weight excluding hydrogens is 451 g/mol. The second kappa shape index (κ2) is 11.3. The molecule has 0 fully saturated rings. The predicted octanol–water partition coefficient (Wildman–Crippen LogP) is 4.87. The third-order valence-corrected chi connectivity index (χ3v) is 6.99. The van der Waals surface area contributed by atoms with Gasteiger partial charge in [-0.25, -0.2) is 4.39 Å². The highest BCUT2D eigenvalue weighted by Gasteiger charge is 2.33. The highest BCUT2D eigenvalue weighted by atomic mass is 32.1. The van der Waals surface area contributed by atoms with Crippen molar-refractivity contribution < 1.29 is 18.7 Å². The molecule has 0 N–H and O–H groups in total. The van der Waals surface area contributed by atoms with Gasteiger partial charge in [0.05, 0.1) is 19.0 Å². The minimum Gasteiger partial charge on any atom is -0.491 e. The van der Waals surface area contributed by atoms with Crippen LogP contribution in [0.2, 0.25) is 0 Å². The molecule has 0 saturated carbocycles. The molecule has 2 aromatic carbocycles. The van der Waals surface area contributed by atoms with E-state index < -0.39 is 0 Å². The number of carbonyl (C=O) groups excluding carboxylic acids is 2. The lowest BCUT2D eigenvalue weighted by Crippen LogP contribution is -2.48. The van der Waals surface area contributed by atoms with Gasteiger partial charge in [0.1, 0.15) is 18.2 Å². The number of thiophene rings is 1. The Hall–Kier alpha value is -3.19. The van der Waals surface area contributed by atoms with E-state index in [0.717, 1.165) is 24.0 Å². The maximum atomic E-state index is 13.6. The zero-order chi connectivity index (χ0) is 23.9. The van der Waals surface area contributed by atoms with E-state index in [9.17, 15) is 14.0 Å².